The number of nitrogens with zero attached hydrogens (tertiary/aromatic N) is 5. The summed E-state index contributed by atoms with van der Waals surface area (Å²) in [6.07, 6.45) is 2.34. The highest BCUT2D eigenvalue weighted by molar-refractivity contribution is 5.87. The lowest BCUT2D eigenvalue weighted by molar-refractivity contribution is -0.137. The van der Waals surface area contributed by atoms with Crippen molar-refractivity contribution in [3.63, 3.8) is 0 Å². The SMILES string of the molecule is Cc1ncnc(C)c1N(OCC(=O)N(C)C1CCN(c2ccc(-c3ccccc3)cc2)C(C)C1)C(=O)OC(C)(C)C. The third-order valence-electron chi connectivity index (χ3n) is 7.36. The first-order valence-corrected chi connectivity index (χ1v) is 14.1. The van der Waals surface area contributed by atoms with Crippen LogP contribution in [0.3, 0.4) is 0 Å². The average Bonchev–Trinajstić information content (AvgIpc) is 2.93. The van der Waals surface area contributed by atoms with Crippen LogP contribution in [0.4, 0.5) is 16.2 Å². The Hall–Kier alpha value is -3.98. The molecule has 1 aliphatic rings. The largest absolute Gasteiger partial charge is 0.442 e. The van der Waals surface area contributed by atoms with E-state index < -0.39 is 11.7 Å². The smallest absolute Gasteiger partial charge is 0.439 e. The lowest BCUT2D eigenvalue weighted by atomic mass is 9.96. The van der Waals surface area contributed by atoms with Crippen molar-refractivity contribution in [2.45, 2.75) is 72.1 Å². The second-order valence-corrected chi connectivity index (χ2v) is 11.6. The van der Waals surface area contributed by atoms with Gasteiger partial charge in [0.15, 0.2) is 6.61 Å². The highest BCUT2D eigenvalue weighted by atomic mass is 16.7. The van der Waals surface area contributed by atoms with Gasteiger partial charge in [0.25, 0.3) is 5.91 Å². The van der Waals surface area contributed by atoms with E-state index in [9.17, 15) is 9.59 Å². The van der Waals surface area contributed by atoms with E-state index in [0.717, 1.165) is 24.4 Å². The Morgan fingerprint density at radius 1 is 0.976 bits per heavy atom. The van der Waals surface area contributed by atoms with Gasteiger partial charge in [0, 0.05) is 31.4 Å². The van der Waals surface area contributed by atoms with Gasteiger partial charge in [0.05, 0.1) is 11.4 Å². The first kappa shape index (κ1) is 30.0. The molecular formula is C32H41N5O4. The lowest BCUT2D eigenvalue weighted by Crippen LogP contribution is -2.50. The number of aromatic nitrogens is 2. The molecule has 0 aliphatic carbocycles. The zero-order valence-electron chi connectivity index (χ0n) is 25.1. The minimum absolute atomic E-state index is 0.0550. The highest BCUT2D eigenvalue weighted by Gasteiger charge is 2.32. The predicted molar refractivity (Wildman–Crippen MR) is 161 cm³/mol. The van der Waals surface area contributed by atoms with Crippen molar-refractivity contribution in [2.24, 2.45) is 0 Å². The Morgan fingerprint density at radius 3 is 2.17 bits per heavy atom. The Kier molecular flexibility index (Phi) is 9.28. The maximum absolute atomic E-state index is 13.3. The summed E-state index contributed by atoms with van der Waals surface area (Å²) >= 11 is 0. The molecule has 3 aromatic rings. The zero-order chi connectivity index (χ0) is 29.7. The van der Waals surface area contributed by atoms with E-state index >= 15 is 0 Å². The minimum Gasteiger partial charge on any atom is -0.442 e. The van der Waals surface area contributed by atoms with Crippen LogP contribution in [0.2, 0.25) is 0 Å². The Balaban J connectivity index is 1.38. The van der Waals surface area contributed by atoms with Crippen LogP contribution in [-0.2, 0) is 14.4 Å². The number of likely N-dealkylation sites (N-methyl/N-ethyl adjacent to an activating group) is 1. The number of piperidine rings is 1. The maximum atomic E-state index is 13.3. The van der Waals surface area contributed by atoms with Gasteiger partial charge in [-0.25, -0.2) is 14.8 Å². The van der Waals surface area contributed by atoms with Crippen molar-refractivity contribution in [1.29, 1.82) is 0 Å². The highest BCUT2D eigenvalue weighted by Crippen LogP contribution is 2.30. The molecule has 4 rings (SSSR count). The number of carbonyl (C=O) groups excluding carboxylic acids is 2. The number of ether oxygens (including phenoxy) is 1. The van der Waals surface area contributed by atoms with Crippen molar-refractivity contribution >= 4 is 23.4 Å². The fourth-order valence-electron chi connectivity index (χ4n) is 5.18. The van der Waals surface area contributed by atoms with Gasteiger partial charge in [-0.1, -0.05) is 42.5 Å². The van der Waals surface area contributed by atoms with Gasteiger partial charge in [-0.05, 0) is 77.6 Å². The molecule has 0 N–H and O–H groups in total. The Labute approximate surface area is 243 Å². The van der Waals surface area contributed by atoms with Crippen LogP contribution in [-0.4, -0.2) is 64.8 Å². The molecule has 0 bridgehead atoms. The van der Waals surface area contributed by atoms with Crippen molar-refractivity contribution < 1.29 is 19.2 Å². The molecule has 1 fully saturated rings. The van der Waals surface area contributed by atoms with Gasteiger partial charge in [-0.3, -0.25) is 9.63 Å². The molecule has 218 valence electrons. The summed E-state index contributed by atoms with van der Waals surface area (Å²) in [5, 5.41) is 1.01. The second kappa shape index (κ2) is 12.7. The van der Waals surface area contributed by atoms with Crippen LogP contribution >= 0.6 is 0 Å². The first-order valence-electron chi connectivity index (χ1n) is 14.1. The molecule has 1 aromatic heterocycles. The molecule has 9 nitrogen and oxygen atoms in total. The molecule has 1 aliphatic heterocycles. The van der Waals surface area contributed by atoms with Crippen LogP contribution < -0.4 is 9.96 Å². The van der Waals surface area contributed by atoms with Gasteiger partial charge in [-0.2, -0.15) is 0 Å². The van der Waals surface area contributed by atoms with E-state index in [2.05, 4.69) is 58.2 Å². The van der Waals surface area contributed by atoms with E-state index in [1.807, 2.05) is 18.2 Å². The summed E-state index contributed by atoms with van der Waals surface area (Å²) in [5.74, 6) is -0.219. The number of amides is 2. The van der Waals surface area contributed by atoms with E-state index in [0.29, 0.717) is 17.1 Å². The topological polar surface area (TPSA) is 88.1 Å². The number of hydrogen-bond donors (Lipinski definition) is 0. The van der Waals surface area contributed by atoms with E-state index in [4.69, 9.17) is 9.57 Å². The monoisotopic (exact) mass is 559 g/mol. The number of hydrogen-bond acceptors (Lipinski definition) is 7. The quantitative estimate of drug-likeness (QED) is 0.331. The van der Waals surface area contributed by atoms with Crippen LogP contribution in [0.5, 0.6) is 0 Å². The van der Waals surface area contributed by atoms with Crippen molar-refractivity contribution in [3.8, 4) is 11.1 Å². The number of aryl methyl sites for hydroxylation is 2. The summed E-state index contributed by atoms with van der Waals surface area (Å²) in [5.41, 5.74) is 4.28. The third kappa shape index (κ3) is 7.41. The molecule has 0 saturated carbocycles. The van der Waals surface area contributed by atoms with Crippen LogP contribution in [0, 0.1) is 13.8 Å². The summed E-state index contributed by atoms with van der Waals surface area (Å²) in [4.78, 5) is 44.7. The molecule has 2 aromatic carbocycles. The summed E-state index contributed by atoms with van der Waals surface area (Å²) < 4.78 is 5.55. The van der Waals surface area contributed by atoms with Crippen molar-refractivity contribution in [1.82, 2.24) is 14.9 Å². The van der Waals surface area contributed by atoms with Gasteiger partial charge >= 0.3 is 6.09 Å². The number of carbonyl (C=O) groups is 2. The predicted octanol–water partition coefficient (Wildman–Crippen LogP) is 5.95. The molecule has 2 heterocycles. The molecule has 2 amide bonds. The molecule has 41 heavy (non-hydrogen) atoms. The number of benzene rings is 2. The van der Waals surface area contributed by atoms with Crippen LogP contribution in [0.15, 0.2) is 60.9 Å². The standard InChI is InChI=1S/C32H41N5O4/c1-22-19-28(17-18-36(22)27-15-13-26(14-16-27)25-11-9-8-10-12-25)35(7)29(38)20-40-37(31(39)41-32(4,5)6)30-23(2)33-21-34-24(30)3/h8-16,21-22,28H,17-20H2,1-7H3. The van der Waals surface area contributed by atoms with Gasteiger partial charge in [0.1, 0.15) is 17.6 Å². The molecule has 0 spiro atoms. The molecule has 0 radical (unpaired) electrons. The first-order chi connectivity index (χ1) is 19.4. The normalized spacial score (nSPS) is 17.2. The van der Waals surface area contributed by atoms with E-state index in [1.165, 1.54) is 23.1 Å². The Morgan fingerprint density at radius 2 is 1.59 bits per heavy atom. The van der Waals surface area contributed by atoms with Gasteiger partial charge in [-0.15, -0.1) is 5.06 Å². The fourth-order valence-corrected chi connectivity index (χ4v) is 5.18. The number of anilines is 2. The number of rotatable bonds is 7. The lowest BCUT2D eigenvalue weighted by Gasteiger charge is -2.42. The van der Waals surface area contributed by atoms with Crippen molar-refractivity contribution in [3.05, 3.63) is 72.3 Å². The average molecular weight is 560 g/mol. The molecule has 2 atom stereocenters. The van der Waals surface area contributed by atoms with Gasteiger partial charge in [0.2, 0.25) is 0 Å². The summed E-state index contributed by atoms with van der Waals surface area (Å²) in [6.45, 7) is 11.5. The second-order valence-electron chi connectivity index (χ2n) is 11.6. The zero-order valence-corrected chi connectivity index (χ0v) is 25.1. The van der Waals surface area contributed by atoms with E-state index in [-0.39, 0.29) is 24.6 Å². The fraction of sp³-hybridized carbons (Fsp3) is 0.438. The minimum atomic E-state index is -0.747. The summed E-state index contributed by atoms with van der Waals surface area (Å²) in [7, 11) is 1.80. The molecular weight excluding hydrogens is 518 g/mol. The van der Waals surface area contributed by atoms with Crippen molar-refractivity contribution in [2.75, 3.05) is 30.2 Å². The van der Waals surface area contributed by atoms with Crippen LogP contribution in [0.25, 0.3) is 11.1 Å². The molecule has 1 saturated heterocycles. The Bertz CT molecular complexity index is 1320. The van der Waals surface area contributed by atoms with Gasteiger partial charge < -0.3 is 14.5 Å². The van der Waals surface area contributed by atoms with Crippen LogP contribution in [0.1, 0.15) is 51.9 Å². The summed E-state index contributed by atoms with van der Waals surface area (Å²) in [6, 6.07) is 19.3. The number of hydroxylamine groups is 1. The van der Waals surface area contributed by atoms with E-state index in [1.54, 1.807) is 46.6 Å². The third-order valence-corrected chi connectivity index (χ3v) is 7.36. The molecule has 9 heteroatoms. The maximum Gasteiger partial charge on any atom is 0.439 e. The molecule has 2 unspecified atom stereocenters.